The van der Waals surface area contributed by atoms with Crippen molar-refractivity contribution < 1.29 is 14.3 Å². The van der Waals surface area contributed by atoms with Crippen molar-refractivity contribution in [2.75, 3.05) is 20.3 Å². The van der Waals surface area contributed by atoms with Gasteiger partial charge in [-0.3, -0.25) is 4.79 Å². The maximum Gasteiger partial charge on any atom is 0.249 e. The molecule has 0 aliphatic carbocycles. The fraction of sp³-hybridized carbons (Fsp3) is 0.562. The highest BCUT2D eigenvalue weighted by molar-refractivity contribution is 5.81. The second kappa shape index (κ2) is 6.27. The molecule has 0 bridgehead atoms. The Morgan fingerprint density at radius 3 is 2.85 bits per heavy atom. The molecule has 4 heteroatoms. The number of carbonyl (C=O) groups is 1. The van der Waals surface area contributed by atoms with Gasteiger partial charge in [0.1, 0.15) is 11.9 Å². The monoisotopic (exact) mass is 277 g/mol. The van der Waals surface area contributed by atoms with Crippen molar-refractivity contribution in [3.8, 4) is 5.75 Å². The van der Waals surface area contributed by atoms with Gasteiger partial charge in [0.2, 0.25) is 5.91 Å². The van der Waals surface area contributed by atoms with Crippen LogP contribution >= 0.6 is 0 Å². The van der Waals surface area contributed by atoms with Crippen molar-refractivity contribution in [2.24, 2.45) is 0 Å². The Morgan fingerprint density at radius 1 is 1.45 bits per heavy atom. The van der Waals surface area contributed by atoms with E-state index in [0.29, 0.717) is 13.2 Å². The summed E-state index contributed by atoms with van der Waals surface area (Å²) in [6.07, 6.45) is 1.51. The zero-order valence-corrected chi connectivity index (χ0v) is 12.4. The fourth-order valence-corrected chi connectivity index (χ4v) is 2.51. The van der Waals surface area contributed by atoms with E-state index in [1.807, 2.05) is 24.3 Å². The van der Waals surface area contributed by atoms with Crippen LogP contribution in [0.15, 0.2) is 24.3 Å². The number of hydrogen-bond acceptors (Lipinski definition) is 3. The Labute approximate surface area is 120 Å². The number of para-hydroxylation sites is 1. The van der Waals surface area contributed by atoms with E-state index in [1.54, 1.807) is 7.11 Å². The highest BCUT2D eigenvalue weighted by atomic mass is 16.5. The van der Waals surface area contributed by atoms with Crippen LogP contribution < -0.4 is 10.1 Å². The molecule has 1 heterocycles. The Kier molecular flexibility index (Phi) is 4.65. The molecule has 1 saturated heterocycles. The second-order valence-electron chi connectivity index (χ2n) is 5.80. The average molecular weight is 277 g/mol. The minimum absolute atomic E-state index is 0.00882. The van der Waals surface area contributed by atoms with Gasteiger partial charge in [0.25, 0.3) is 0 Å². The van der Waals surface area contributed by atoms with Gasteiger partial charge in [-0.15, -0.1) is 0 Å². The third-order valence-corrected chi connectivity index (χ3v) is 3.76. The first-order valence-electron chi connectivity index (χ1n) is 7.07. The van der Waals surface area contributed by atoms with E-state index < -0.39 is 0 Å². The number of hydrogen-bond donors (Lipinski definition) is 1. The number of rotatable bonds is 5. The predicted octanol–water partition coefficient (Wildman–Crippen LogP) is 2.27. The quantitative estimate of drug-likeness (QED) is 0.898. The van der Waals surface area contributed by atoms with E-state index in [1.165, 1.54) is 0 Å². The van der Waals surface area contributed by atoms with Crippen LogP contribution in [0.25, 0.3) is 0 Å². The molecular formula is C16H23NO3. The van der Waals surface area contributed by atoms with E-state index in [4.69, 9.17) is 9.47 Å². The summed E-state index contributed by atoms with van der Waals surface area (Å²) in [5, 5.41) is 3.00. The first-order valence-corrected chi connectivity index (χ1v) is 7.07. The molecule has 1 aliphatic rings. The smallest absolute Gasteiger partial charge is 0.249 e. The largest absolute Gasteiger partial charge is 0.496 e. The van der Waals surface area contributed by atoms with E-state index in [2.05, 4.69) is 19.2 Å². The van der Waals surface area contributed by atoms with Crippen LogP contribution in [-0.4, -0.2) is 32.3 Å². The van der Waals surface area contributed by atoms with Gasteiger partial charge in [-0.1, -0.05) is 32.0 Å². The maximum absolute atomic E-state index is 12.0. The summed E-state index contributed by atoms with van der Waals surface area (Å²) in [7, 11) is 1.67. The predicted molar refractivity (Wildman–Crippen MR) is 78.0 cm³/mol. The topological polar surface area (TPSA) is 47.6 Å². The van der Waals surface area contributed by atoms with Crippen LogP contribution in [0.2, 0.25) is 0 Å². The molecule has 1 aliphatic heterocycles. The van der Waals surface area contributed by atoms with Crippen molar-refractivity contribution in [2.45, 2.75) is 38.2 Å². The van der Waals surface area contributed by atoms with Gasteiger partial charge >= 0.3 is 0 Å². The Hall–Kier alpha value is -1.55. The molecule has 2 rings (SSSR count). The van der Waals surface area contributed by atoms with E-state index in [0.717, 1.165) is 24.2 Å². The Morgan fingerprint density at radius 2 is 2.20 bits per heavy atom. The highest BCUT2D eigenvalue weighted by Gasteiger charge is 2.28. The summed E-state index contributed by atoms with van der Waals surface area (Å²) < 4.78 is 10.8. The van der Waals surface area contributed by atoms with E-state index in [9.17, 15) is 4.79 Å². The molecule has 1 N–H and O–H groups in total. The highest BCUT2D eigenvalue weighted by Crippen LogP contribution is 2.30. The summed E-state index contributed by atoms with van der Waals surface area (Å²) in [4.78, 5) is 12.0. The molecule has 0 aromatic heterocycles. The molecular weight excluding hydrogens is 254 g/mol. The zero-order valence-electron chi connectivity index (χ0n) is 12.4. The van der Waals surface area contributed by atoms with Crippen molar-refractivity contribution in [3.05, 3.63) is 29.8 Å². The van der Waals surface area contributed by atoms with Gasteiger partial charge < -0.3 is 14.8 Å². The lowest BCUT2D eigenvalue weighted by Gasteiger charge is -2.28. The minimum atomic E-state index is -0.275. The van der Waals surface area contributed by atoms with Gasteiger partial charge in [-0.25, -0.2) is 0 Å². The number of ether oxygens (including phenoxy) is 2. The van der Waals surface area contributed by atoms with Gasteiger partial charge in [0.15, 0.2) is 0 Å². The number of nitrogens with one attached hydrogen (secondary N) is 1. The number of benzene rings is 1. The SMILES string of the molecule is COc1ccccc1C(C)(C)CNC(=O)[C@@H]1CCCO1. The van der Waals surface area contributed by atoms with Crippen LogP contribution in [0.1, 0.15) is 32.3 Å². The first-order chi connectivity index (χ1) is 9.54. The summed E-state index contributed by atoms with van der Waals surface area (Å²) in [6, 6.07) is 7.92. The van der Waals surface area contributed by atoms with Gasteiger partial charge in [0, 0.05) is 24.1 Å². The van der Waals surface area contributed by atoms with Gasteiger partial charge in [-0.2, -0.15) is 0 Å². The van der Waals surface area contributed by atoms with Crippen molar-refractivity contribution >= 4 is 5.91 Å². The van der Waals surface area contributed by atoms with Crippen LogP contribution in [0.4, 0.5) is 0 Å². The molecule has 0 unspecified atom stereocenters. The average Bonchev–Trinajstić information content (AvgIpc) is 2.99. The van der Waals surface area contributed by atoms with Crippen molar-refractivity contribution in [3.63, 3.8) is 0 Å². The van der Waals surface area contributed by atoms with Crippen molar-refractivity contribution in [1.29, 1.82) is 0 Å². The molecule has 1 aromatic carbocycles. The molecule has 4 nitrogen and oxygen atoms in total. The van der Waals surface area contributed by atoms with Crippen LogP contribution in [-0.2, 0) is 14.9 Å². The molecule has 0 spiro atoms. The zero-order chi connectivity index (χ0) is 14.6. The third kappa shape index (κ3) is 3.31. The molecule has 20 heavy (non-hydrogen) atoms. The van der Waals surface area contributed by atoms with Crippen LogP contribution in [0, 0.1) is 0 Å². The molecule has 1 aromatic rings. The summed E-state index contributed by atoms with van der Waals surface area (Å²) >= 11 is 0. The summed E-state index contributed by atoms with van der Waals surface area (Å²) in [5.41, 5.74) is 0.899. The van der Waals surface area contributed by atoms with Crippen LogP contribution in [0.5, 0.6) is 5.75 Å². The number of amides is 1. The fourth-order valence-electron chi connectivity index (χ4n) is 2.51. The lowest BCUT2D eigenvalue weighted by atomic mass is 9.84. The molecule has 110 valence electrons. The molecule has 1 amide bonds. The molecule has 0 radical (unpaired) electrons. The lowest BCUT2D eigenvalue weighted by Crippen LogP contribution is -2.41. The Balaban J connectivity index is 2.01. The normalized spacial score (nSPS) is 18.9. The Bertz CT molecular complexity index is 465. The molecule has 1 atom stereocenters. The molecule has 1 fully saturated rings. The lowest BCUT2D eigenvalue weighted by molar-refractivity contribution is -0.130. The molecule has 0 saturated carbocycles. The number of methoxy groups -OCH3 is 1. The van der Waals surface area contributed by atoms with E-state index in [-0.39, 0.29) is 17.4 Å². The second-order valence-corrected chi connectivity index (χ2v) is 5.80. The third-order valence-electron chi connectivity index (χ3n) is 3.76. The standard InChI is InChI=1S/C16H23NO3/c1-16(2,12-7-4-5-8-13(12)19-3)11-17-15(18)14-9-6-10-20-14/h4-5,7-8,14H,6,9-11H2,1-3H3,(H,17,18)/t14-/m0/s1. The van der Waals surface area contributed by atoms with E-state index >= 15 is 0 Å². The number of carbonyl (C=O) groups excluding carboxylic acids is 1. The summed E-state index contributed by atoms with van der Waals surface area (Å²) in [5.74, 6) is 0.842. The van der Waals surface area contributed by atoms with Crippen LogP contribution in [0.3, 0.4) is 0 Å². The minimum Gasteiger partial charge on any atom is -0.496 e. The van der Waals surface area contributed by atoms with Gasteiger partial charge in [0.05, 0.1) is 7.11 Å². The van der Waals surface area contributed by atoms with Gasteiger partial charge in [-0.05, 0) is 18.9 Å². The summed E-state index contributed by atoms with van der Waals surface area (Å²) in [6.45, 7) is 5.45. The maximum atomic E-state index is 12.0. The van der Waals surface area contributed by atoms with Crippen molar-refractivity contribution in [1.82, 2.24) is 5.32 Å². The first kappa shape index (κ1) is 14.9.